The van der Waals surface area contributed by atoms with Crippen LogP contribution in [0.15, 0.2) is 60.7 Å². The lowest BCUT2D eigenvalue weighted by Gasteiger charge is -2.36. The smallest absolute Gasteiger partial charge is 0.308 e. The first-order valence-electron chi connectivity index (χ1n) is 10.6. The largest absolute Gasteiger partial charge is 0.481 e. The molecule has 3 unspecified atom stereocenters. The van der Waals surface area contributed by atoms with Crippen LogP contribution in [0.5, 0.6) is 0 Å². The van der Waals surface area contributed by atoms with Crippen LogP contribution in [-0.2, 0) is 15.0 Å². The zero-order valence-electron chi connectivity index (χ0n) is 17.1. The molecule has 0 heterocycles. The highest BCUT2D eigenvalue weighted by Gasteiger charge is 2.43. The Balaban J connectivity index is 2.06. The van der Waals surface area contributed by atoms with Crippen molar-refractivity contribution in [1.82, 2.24) is 0 Å². The van der Waals surface area contributed by atoms with Gasteiger partial charge in [0, 0.05) is 12.3 Å². The maximum Gasteiger partial charge on any atom is 0.308 e. The maximum absolute atomic E-state index is 12.4. The molecule has 0 aromatic heterocycles. The summed E-state index contributed by atoms with van der Waals surface area (Å²) in [5.41, 5.74) is 1.25. The van der Waals surface area contributed by atoms with Crippen LogP contribution in [0, 0.1) is 17.8 Å². The third-order valence-corrected chi connectivity index (χ3v) is 6.05. The van der Waals surface area contributed by atoms with E-state index in [9.17, 15) is 14.7 Å². The van der Waals surface area contributed by atoms with Gasteiger partial charge in [-0.3, -0.25) is 9.59 Å². The van der Waals surface area contributed by atoms with E-state index < -0.39 is 23.3 Å². The molecule has 30 heavy (non-hydrogen) atoms. The summed E-state index contributed by atoms with van der Waals surface area (Å²) in [5, 5.41) is 19.2. The maximum atomic E-state index is 12.4. The second-order valence-electron chi connectivity index (χ2n) is 7.99. The van der Waals surface area contributed by atoms with E-state index in [0.29, 0.717) is 19.3 Å². The van der Waals surface area contributed by atoms with Gasteiger partial charge in [0.2, 0.25) is 0 Å². The number of benzene rings is 2. The first-order valence-corrected chi connectivity index (χ1v) is 10.6. The molecule has 3 atom stereocenters. The molecule has 1 aliphatic carbocycles. The van der Waals surface area contributed by atoms with Gasteiger partial charge in [-0.2, -0.15) is 0 Å². The fourth-order valence-electron chi connectivity index (χ4n) is 4.49. The molecule has 1 aliphatic rings. The van der Waals surface area contributed by atoms with Gasteiger partial charge in [-0.1, -0.05) is 85.3 Å². The van der Waals surface area contributed by atoms with Crippen molar-refractivity contribution in [1.29, 1.82) is 0 Å². The van der Waals surface area contributed by atoms with Gasteiger partial charge in [0.05, 0.1) is 11.3 Å². The minimum absolute atomic E-state index is 0.0330. The quantitative estimate of drug-likeness (QED) is 0.590. The number of carbonyl (C=O) groups is 2. The molecule has 3 rings (SSSR count). The molecule has 0 saturated carbocycles. The summed E-state index contributed by atoms with van der Waals surface area (Å²) >= 11 is 0. The van der Waals surface area contributed by atoms with Crippen LogP contribution in [-0.4, -0.2) is 22.2 Å². The predicted octanol–water partition coefficient (Wildman–Crippen LogP) is 5.24. The zero-order chi connectivity index (χ0) is 21.4. The summed E-state index contributed by atoms with van der Waals surface area (Å²) in [4.78, 5) is 23.4. The van der Waals surface area contributed by atoms with Gasteiger partial charge in [0.15, 0.2) is 0 Å². The monoisotopic (exact) mass is 404 g/mol. The van der Waals surface area contributed by atoms with Crippen molar-refractivity contribution in [2.24, 2.45) is 5.92 Å². The van der Waals surface area contributed by atoms with E-state index in [-0.39, 0.29) is 12.3 Å². The van der Waals surface area contributed by atoms with Gasteiger partial charge in [0.1, 0.15) is 0 Å². The van der Waals surface area contributed by atoms with Gasteiger partial charge in [-0.15, -0.1) is 0 Å². The Morgan fingerprint density at radius 2 is 1.67 bits per heavy atom. The summed E-state index contributed by atoms with van der Waals surface area (Å²) < 4.78 is 0. The molecule has 4 nitrogen and oxygen atoms in total. The van der Waals surface area contributed by atoms with Crippen molar-refractivity contribution in [3.8, 4) is 11.8 Å². The minimum atomic E-state index is -0.907. The molecule has 2 aromatic rings. The fourth-order valence-corrected chi connectivity index (χ4v) is 4.49. The van der Waals surface area contributed by atoms with E-state index in [2.05, 4.69) is 24.0 Å². The van der Waals surface area contributed by atoms with Gasteiger partial charge in [-0.05, 0) is 36.8 Å². The molecule has 2 aromatic carbocycles. The summed E-state index contributed by atoms with van der Waals surface area (Å²) in [7, 11) is 0. The first kappa shape index (κ1) is 21.6. The fraction of sp³-hybridized carbons (Fsp3) is 0.385. The molecule has 0 spiro atoms. The first-order chi connectivity index (χ1) is 14.5. The molecule has 0 bridgehead atoms. The summed E-state index contributed by atoms with van der Waals surface area (Å²) in [6.07, 6.45) is 4.06. The Morgan fingerprint density at radius 3 is 2.30 bits per heavy atom. The van der Waals surface area contributed by atoms with Crippen molar-refractivity contribution >= 4 is 11.9 Å². The molecule has 0 amide bonds. The number of aliphatic carboxylic acids is 2. The average Bonchev–Trinajstić information content (AvgIpc) is 2.73. The molecule has 156 valence electrons. The highest BCUT2D eigenvalue weighted by Crippen LogP contribution is 2.42. The van der Waals surface area contributed by atoms with Crippen LogP contribution in [0.25, 0.3) is 0 Å². The molecule has 2 N–H and O–H groups in total. The Bertz CT molecular complexity index is 910. The lowest BCUT2D eigenvalue weighted by atomic mass is 9.65. The molecule has 4 heteroatoms. The lowest BCUT2D eigenvalue weighted by Crippen LogP contribution is -2.39. The van der Waals surface area contributed by atoms with Crippen LogP contribution in [0.4, 0.5) is 0 Å². The second-order valence-corrected chi connectivity index (χ2v) is 7.99. The predicted molar refractivity (Wildman–Crippen MR) is 116 cm³/mol. The van der Waals surface area contributed by atoms with E-state index in [1.165, 1.54) is 0 Å². The highest BCUT2D eigenvalue weighted by atomic mass is 16.4. The van der Waals surface area contributed by atoms with Gasteiger partial charge >= 0.3 is 11.9 Å². The van der Waals surface area contributed by atoms with Crippen LogP contribution < -0.4 is 0 Å². The molecule has 0 saturated heterocycles. The normalized spacial score (nSPS) is 22.1. The topological polar surface area (TPSA) is 74.6 Å². The average molecular weight is 405 g/mol. The summed E-state index contributed by atoms with van der Waals surface area (Å²) in [6.45, 7) is 0. The van der Waals surface area contributed by atoms with E-state index in [1.807, 2.05) is 48.5 Å². The van der Waals surface area contributed by atoms with Crippen molar-refractivity contribution in [2.75, 3.05) is 0 Å². The van der Waals surface area contributed by atoms with Crippen LogP contribution in [0.2, 0.25) is 0 Å². The molecular weight excluding hydrogens is 376 g/mol. The van der Waals surface area contributed by atoms with Gasteiger partial charge in [0.25, 0.3) is 0 Å². The summed E-state index contributed by atoms with van der Waals surface area (Å²) in [5.74, 6) is 4.39. The summed E-state index contributed by atoms with van der Waals surface area (Å²) in [6, 6.07) is 19.8. The standard InChI is InChI=1S/C26H28O4/c27-24(28)16-9-15-23(25(29)30)26(22-13-5-2-6-14-22)18-8-7-12-21(17-19-26)20-10-3-1-4-11-20/h1-6,10-11,13-14,21,23H,7-9,12,15-16,18H2,(H,27,28)(H,29,30). The second kappa shape index (κ2) is 10.1. The molecule has 0 fully saturated rings. The van der Waals surface area contributed by atoms with Crippen molar-refractivity contribution in [3.63, 3.8) is 0 Å². The Hall–Kier alpha value is -3.06. The van der Waals surface area contributed by atoms with Crippen molar-refractivity contribution < 1.29 is 19.8 Å². The third-order valence-electron chi connectivity index (χ3n) is 6.05. The Kier molecular flexibility index (Phi) is 7.30. The highest BCUT2D eigenvalue weighted by molar-refractivity contribution is 5.74. The number of hydrogen-bond donors (Lipinski definition) is 2. The Labute approximate surface area is 178 Å². The van der Waals surface area contributed by atoms with Crippen molar-refractivity contribution in [2.45, 2.75) is 56.3 Å². The van der Waals surface area contributed by atoms with Crippen LogP contribution in [0.3, 0.4) is 0 Å². The third kappa shape index (κ3) is 5.10. The minimum Gasteiger partial charge on any atom is -0.481 e. The van der Waals surface area contributed by atoms with E-state index in [0.717, 1.165) is 30.4 Å². The number of carboxylic acid groups (broad SMARTS) is 2. The molecule has 0 radical (unpaired) electrons. The van der Waals surface area contributed by atoms with E-state index >= 15 is 0 Å². The molecule has 0 aliphatic heterocycles. The lowest BCUT2D eigenvalue weighted by molar-refractivity contribution is -0.145. The van der Waals surface area contributed by atoms with Crippen molar-refractivity contribution in [3.05, 3.63) is 71.8 Å². The molecular formula is C26H28O4. The van der Waals surface area contributed by atoms with Crippen LogP contribution in [0.1, 0.15) is 62.0 Å². The van der Waals surface area contributed by atoms with E-state index in [1.54, 1.807) is 0 Å². The van der Waals surface area contributed by atoms with Gasteiger partial charge < -0.3 is 10.2 Å². The van der Waals surface area contributed by atoms with Gasteiger partial charge in [-0.25, -0.2) is 0 Å². The van der Waals surface area contributed by atoms with Crippen LogP contribution >= 0.6 is 0 Å². The van der Waals surface area contributed by atoms with E-state index in [4.69, 9.17) is 5.11 Å². The number of hydrogen-bond acceptors (Lipinski definition) is 2. The zero-order valence-corrected chi connectivity index (χ0v) is 17.1. The Morgan fingerprint density at radius 1 is 1.00 bits per heavy atom. The number of rotatable bonds is 8. The number of carboxylic acids is 2. The SMILES string of the molecule is O=C(O)CCCC(C(=O)O)C1(c2ccccc2)C#CC(c2ccccc2)CCCC1.